The molecule has 1 heteroatoms. The van der Waals surface area contributed by atoms with Gasteiger partial charge in [-0.2, -0.15) is 0 Å². The van der Waals surface area contributed by atoms with Crippen LogP contribution in [0.25, 0.3) is 0 Å². The lowest BCUT2D eigenvalue weighted by atomic mass is 10.2. The standard InChI is InChI=1S/C13H11N/c1-3-7-12(8-4-1)11-14-13-9-5-2-6-10-13/h1-11H/b14-11-. The first-order chi connectivity index (χ1) is 6.95. The van der Waals surface area contributed by atoms with Gasteiger partial charge in [-0.1, -0.05) is 48.5 Å². The lowest BCUT2D eigenvalue weighted by Crippen LogP contribution is -1.77. The summed E-state index contributed by atoms with van der Waals surface area (Å²) in [6, 6.07) is 20.0. The van der Waals surface area contributed by atoms with Gasteiger partial charge in [0.25, 0.3) is 0 Å². The maximum atomic E-state index is 4.35. The van der Waals surface area contributed by atoms with Gasteiger partial charge in [-0.15, -0.1) is 0 Å². The van der Waals surface area contributed by atoms with Crippen LogP contribution in [0.5, 0.6) is 0 Å². The van der Waals surface area contributed by atoms with Crippen LogP contribution in [0.1, 0.15) is 5.56 Å². The van der Waals surface area contributed by atoms with Crippen LogP contribution in [0.3, 0.4) is 0 Å². The number of aliphatic imine (C=N–C) groups is 1. The SMILES string of the molecule is C(=N/c1ccccc1)/c1ccccc1. The highest BCUT2D eigenvalue weighted by Gasteiger charge is 1.85. The van der Waals surface area contributed by atoms with Gasteiger partial charge in [-0.3, -0.25) is 4.99 Å². The second kappa shape index (κ2) is 4.38. The van der Waals surface area contributed by atoms with Crippen LogP contribution in [-0.4, -0.2) is 6.21 Å². The van der Waals surface area contributed by atoms with E-state index in [0.717, 1.165) is 11.3 Å². The summed E-state index contributed by atoms with van der Waals surface area (Å²) in [4.78, 5) is 4.35. The highest BCUT2D eigenvalue weighted by molar-refractivity contribution is 5.81. The molecule has 0 aliphatic rings. The fraction of sp³-hybridized carbons (Fsp3) is 0. The van der Waals surface area contributed by atoms with Crippen molar-refractivity contribution < 1.29 is 0 Å². The van der Waals surface area contributed by atoms with E-state index in [4.69, 9.17) is 0 Å². The number of para-hydroxylation sites is 1. The summed E-state index contributed by atoms with van der Waals surface area (Å²) in [5, 5.41) is 0. The van der Waals surface area contributed by atoms with Crippen molar-refractivity contribution in [1.29, 1.82) is 0 Å². The molecule has 0 radical (unpaired) electrons. The predicted molar refractivity (Wildman–Crippen MR) is 60.1 cm³/mol. The van der Waals surface area contributed by atoms with Gasteiger partial charge in [0.15, 0.2) is 0 Å². The highest BCUT2D eigenvalue weighted by atomic mass is 14.7. The molecular weight excluding hydrogens is 170 g/mol. The number of benzene rings is 2. The minimum absolute atomic E-state index is 0.983. The third-order valence-electron chi connectivity index (χ3n) is 1.92. The van der Waals surface area contributed by atoms with Gasteiger partial charge in [0.2, 0.25) is 0 Å². The Bertz CT molecular complexity index is 362. The van der Waals surface area contributed by atoms with E-state index in [2.05, 4.69) is 4.99 Å². The number of hydrogen-bond donors (Lipinski definition) is 0. The summed E-state index contributed by atoms with van der Waals surface area (Å²) >= 11 is 0. The molecule has 1 nitrogen and oxygen atoms in total. The molecule has 0 aliphatic heterocycles. The molecule has 0 atom stereocenters. The Kier molecular flexibility index (Phi) is 2.72. The largest absolute Gasteiger partial charge is 0.256 e. The fourth-order valence-electron chi connectivity index (χ4n) is 1.20. The summed E-state index contributed by atoms with van der Waals surface area (Å²) in [5.41, 5.74) is 2.10. The Labute approximate surface area is 83.7 Å². The van der Waals surface area contributed by atoms with E-state index < -0.39 is 0 Å². The maximum absolute atomic E-state index is 4.35. The average Bonchev–Trinajstić information content (AvgIpc) is 2.29. The number of rotatable bonds is 2. The smallest absolute Gasteiger partial charge is 0.0629 e. The molecule has 2 rings (SSSR count). The summed E-state index contributed by atoms with van der Waals surface area (Å²) in [6.45, 7) is 0. The molecule has 14 heavy (non-hydrogen) atoms. The second-order valence-electron chi connectivity index (χ2n) is 3.00. The molecule has 2 aromatic carbocycles. The third-order valence-corrected chi connectivity index (χ3v) is 1.92. The highest BCUT2D eigenvalue weighted by Crippen LogP contribution is 2.09. The van der Waals surface area contributed by atoms with Crippen molar-refractivity contribution in [3.63, 3.8) is 0 Å². The van der Waals surface area contributed by atoms with Crippen molar-refractivity contribution in [1.82, 2.24) is 0 Å². The fourth-order valence-corrected chi connectivity index (χ4v) is 1.20. The Hall–Kier alpha value is -1.89. The first-order valence-electron chi connectivity index (χ1n) is 4.59. The molecule has 0 amide bonds. The lowest BCUT2D eigenvalue weighted by Gasteiger charge is -1.92. The van der Waals surface area contributed by atoms with Crippen molar-refractivity contribution in [2.75, 3.05) is 0 Å². The zero-order chi connectivity index (χ0) is 9.64. The average molecular weight is 181 g/mol. The van der Waals surface area contributed by atoms with Gasteiger partial charge in [0, 0.05) is 6.21 Å². The van der Waals surface area contributed by atoms with Crippen molar-refractivity contribution >= 4 is 11.9 Å². The van der Waals surface area contributed by atoms with Crippen molar-refractivity contribution in [3.05, 3.63) is 66.2 Å². The molecular formula is C13H11N. The van der Waals surface area contributed by atoms with Crippen molar-refractivity contribution in [2.24, 2.45) is 4.99 Å². The Morgan fingerprint density at radius 3 is 1.93 bits per heavy atom. The molecule has 0 spiro atoms. The first kappa shape index (κ1) is 8.70. The van der Waals surface area contributed by atoms with Crippen LogP contribution in [0.15, 0.2) is 65.7 Å². The zero-order valence-electron chi connectivity index (χ0n) is 7.80. The third kappa shape index (κ3) is 2.30. The molecule has 2 aromatic rings. The van der Waals surface area contributed by atoms with Crippen LogP contribution >= 0.6 is 0 Å². The van der Waals surface area contributed by atoms with Crippen molar-refractivity contribution in [2.45, 2.75) is 0 Å². The van der Waals surface area contributed by atoms with E-state index in [1.54, 1.807) is 0 Å². The molecule has 0 fully saturated rings. The van der Waals surface area contributed by atoms with E-state index in [9.17, 15) is 0 Å². The Morgan fingerprint density at radius 1 is 0.714 bits per heavy atom. The van der Waals surface area contributed by atoms with Gasteiger partial charge >= 0.3 is 0 Å². The zero-order valence-corrected chi connectivity index (χ0v) is 7.80. The Morgan fingerprint density at radius 2 is 1.29 bits per heavy atom. The topological polar surface area (TPSA) is 12.4 Å². The maximum Gasteiger partial charge on any atom is 0.0629 e. The molecule has 0 saturated heterocycles. The molecule has 0 saturated carbocycles. The van der Waals surface area contributed by atoms with E-state index in [1.165, 1.54) is 0 Å². The molecule has 0 N–H and O–H groups in total. The van der Waals surface area contributed by atoms with E-state index in [1.807, 2.05) is 66.9 Å². The molecule has 0 aromatic heterocycles. The minimum Gasteiger partial charge on any atom is -0.256 e. The number of nitrogens with zero attached hydrogens (tertiary/aromatic N) is 1. The van der Waals surface area contributed by atoms with E-state index in [0.29, 0.717) is 0 Å². The van der Waals surface area contributed by atoms with Crippen LogP contribution in [0.2, 0.25) is 0 Å². The normalized spacial score (nSPS) is 10.6. The van der Waals surface area contributed by atoms with E-state index in [-0.39, 0.29) is 0 Å². The molecule has 0 unspecified atom stereocenters. The molecule has 0 heterocycles. The quantitative estimate of drug-likeness (QED) is 0.629. The van der Waals surface area contributed by atoms with Crippen LogP contribution in [-0.2, 0) is 0 Å². The van der Waals surface area contributed by atoms with Gasteiger partial charge < -0.3 is 0 Å². The van der Waals surface area contributed by atoms with Gasteiger partial charge in [0.05, 0.1) is 5.69 Å². The van der Waals surface area contributed by atoms with Crippen LogP contribution in [0, 0.1) is 0 Å². The van der Waals surface area contributed by atoms with Gasteiger partial charge in [-0.25, -0.2) is 0 Å². The summed E-state index contributed by atoms with van der Waals surface area (Å²) < 4.78 is 0. The summed E-state index contributed by atoms with van der Waals surface area (Å²) in [6.07, 6.45) is 1.87. The Balaban J connectivity index is 2.16. The number of hydrogen-bond acceptors (Lipinski definition) is 1. The molecule has 0 aliphatic carbocycles. The summed E-state index contributed by atoms with van der Waals surface area (Å²) in [7, 11) is 0. The minimum atomic E-state index is 0.983. The second-order valence-corrected chi connectivity index (χ2v) is 3.00. The monoisotopic (exact) mass is 181 g/mol. The van der Waals surface area contributed by atoms with E-state index >= 15 is 0 Å². The van der Waals surface area contributed by atoms with Crippen LogP contribution < -0.4 is 0 Å². The predicted octanol–water partition coefficient (Wildman–Crippen LogP) is 3.44. The van der Waals surface area contributed by atoms with Crippen LogP contribution in [0.4, 0.5) is 5.69 Å². The first-order valence-corrected chi connectivity index (χ1v) is 4.59. The van der Waals surface area contributed by atoms with Gasteiger partial charge in [-0.05, 0) is 17.7 Å². The molecule has 0 bridgehead atoms. The van der Waals surface area contributed by atoms with Gasteiger partial charge in [0.1, 0.15) is 0 Å². The summed E-state index contributed by atoms with van der Waals surface area (Å²) in [5.74, 6) is 0. The lowest BCUT2D eigenvalue weighted by molar-refractivity contribution is 1.53. The van der Waals surface area contributed by atoms with Crippen molar-refractivity contribution in [3.8, 4) is 0 Å². The molecule has 68 valence electrons.